The maximum atomic E-state index is 12.9. The van der Waals surface area contributed by atoms with E-state index >= 15 is 0 Å². The molecule has 3 nitrogen and oxygen atoms in total. The summed E-state index contributed by atoms with van der Waals surface area (Å²) < 4.78 is 17.8. The number of halogens is 2. The van der Waals surface area contributed by atoms with Gasteiger partial charge in [-0.3, -0.25) is 0 Å². The lowest BCUT2D eigenvalue weighted by atomic mass is 10.1. The molecule has 0 radical (unpaired) electrons. The van der Waals surface area contributed by atoms with Gasteiger partial charge >= 0.3 is 6.09 Å². The highest BCUT2D eigenvalue weighted by atomic mass is 79.9. The lowest BCUT2D eigenvalue weighted by Gasteiger charge is -2.20. The van der Waals surface area contributed by atoms with Crippen molar-refractivity contribution in [2.75, 3.05) is 11.9 Å². The number of alkyl carbamates (subject to hydrolysis) is 1. The first-order valence-electron chi connectivity index (χ1n) is 4.61. The molecule has 0 aromatic heterocycles. The Labute approximate surface area is 98.2 Å². The fourth-order valence-corrected chi connectivity index (χ4v) is 1.19. The largest absolute Gasteiger partial charge is 0.445 e. The first kappa shape index (κ1) is 14.4. The molecular weight excluding hydrogens is 265 g/mol. The van der Waals surface area contributed by atoms with E-state index in [9.17, 15) is 9.18 Å². The number of allylic oxidation sites excluding steroid dienone is 1. The van der Waals surface area contributed by atoms with E-state index in [1.807, 2.05) is 20.8 Å². The lowest BCUT2D eigenvalue weighted by molar-refractivity contribution is 0.146. The summed E-state index contributed by atoms with van der Waals surface area (Å²) in [7, 11) is 0. The van der Waals surface area contributed by atoms with Crippen LogP contribution in [0.1, 0.15) is 27.7 Å². The second-order valence-corrected chi connectivity index (χ2v) is 4.83. The van der Waals surface area contributed by atoms with Crippen molar-refractivity contribution >= 4 is 22.0 Å². The van der Waals surface area contributed by atoms with Gasteiger partial charge in [-0.25, -0.2) is 9.18 Å². The Bertz CT molecular complexity index is 259. The Morgan fingerprint density at radius 2 is 2.00 bits per heavy atom. The molecule has 0 aliphatic heterocycles. The van der Waals surface area contributed by atoms with Crippen LogP contribution in [0.3, 0.4) is 0 Å². The van der Waals surface area contributed by atoms with Crippen LogP contribution in [0.25, 0.3) is 0 Å². The van der Waals surface area contributed by atoms with Crippen molar-refractivity contribution in [2.45, 2.75) is 33.2 Å². The zero-order valence-electron chi connectivity index (χ0n) is 9.49. The number of carbonyl (C=O) groups excluding carboxylic acids is 1. The predicted octanol–water partition coefficient (Wildman–Crippen LogP) is 3.15. The van der Waals surface area contributed by atoms with E-state index < -0.39 is 6.09 Å². The van der Waals surface area contributed by atoms with Gasteiger partial charge in [0, 0.05) is 5.54 Å². The van der Waals surface area contributed by atoms with Crippen molar-refractivity contribution in [3.63, 3.8) is 0 Å². The summed E-state index contributed by atoms with van der Waals surface area (Å²) in [6.45, 7) is 7.09. The highest BCUT2D eigenvalue weighted by Gasteiger charge is 2.14. The Balaban J connectivity index is 4.03. The SMILES string of the molecule is CC(COC(=O)NC(C)(C)C)=C(F)CBr. The third-order valence-electron chi connectivity index (χ3n) is 1.48. The minimum absolute atomic E-state index is 0.0284. The fraction of sp³-hybridized carbons (Fsp3) is 0.700. The summed E-state index contributed by atoms with van der Waals surface area (Å²) in [5.74, 6) is -0.307. The Hall–Kier alpha value is -0.580. The number of nitrogens with one attached hydrogen (secondary N) is 1. The molecule has 0 heterocycles. The van der Waals surface area contributed by atoms with Crippen LogP contribution in [0, 0.1) is 0 Å². The van der Waals surface area contributed by atoms with Crippen LogP contribution < -0.4 is 5.32 Å². The van der Waals surface area contributed by atoms with E-state index in [-0.39, 0.29) is 23.3 Å². The van der Waals surface area contributed by atoms with Crippen LogP contribution in [0.4, 0.5) is 9.18 Å². The maximum Gasteiger partial charge on any atom is 0.407 e. The summed E-state index contributed by atoms with van der Waals surface area (Å²) in [6, 6.07) is 0. The number of hydrogen-bond acceptors (Lipinski definition) is 2. The normalized spacial score (nSPS) is 13.2. The summed E-state index contributed by atoms with van der Waals surface area (Å²) in [4.78, 5) is 11.2. The summed E-state index contributed by atoms with van der Waals surface area (Å²) in [5.41, 5.74) is 0.0683. The lowest BCUT2D eigenvalue weighted by Crippen LogP contribution is -2.41. The quantitative estimate of drug-likeness (QED) is 0.807. The van der Waals surface area contributed by atoms with Gasteiger partial charge in [-0.15, -0.1) is 0 Å². The molecule has 0 aliphatic carbocycles. The average Bonchev–Trinajstić information content (AvgIpc) is 2.10. The Kier molecular flexibility index (Phi) is 5.87. The Morgan fingerprint density at radius 3 is 2.40 bits per heavy atom. The zero-order chi connectivity index (χ0) is 12.1. The molecule has 0 spiro atoms. The van der Waals surface area contributed by atoms with Gasteiger partial charge in [-0.1, -0.05) is 15.9 Å². The molecule has 0 fully saturated rings. The molecule has 0 atom stereocenters. The molecule has 0 bridgehead atoms. The van der Waals surface area contributed by atoms with Crippen LogP contribution in [0.2, 0.25) is 0 Å². The molecule has 88 valence electrons. The van der Waals surface area contributed by atoms with Crippen molar-refractivity contribution in [1.82, 2.24) is 5.32 Å². The highest BCUT2D eigenvalue weighted by Crippen LogP contribution is 2.09. The van der Waals surface area contributed by atoms with Gasteiger partial charge in [-0.05, 0) is 33.3 Å². The van der Waals surface area contributed by atoms with Crippen LogP contribution in [-0.2, 0) is 4.74 Å². The van der Waals surface area contributed by atoms with Crippen molar-refractivity contribution in [2.24, 2.45) is 0 Å². The minimum Gasteiger partial charge on any atom is -0.445 e. The summed E-state index contributed by atoms with van der Waals surface area (Å²) >= 11 is 2.98. The molecule has 0 saturated heterocycles. The van der Waals surface area contributed by atoms with Gasteiger partial charge in [0.1, 0.15) is 12.4 Å². The van der Waals surface area contributed by atoms with E-state index in [2.05, 4.69) is 21.2 Å². The monoisotopic (exact) mass is 281 g/mol. The number of carbonyl (C=O) groups is 1. The molecule has 0 aromatic carbocycles. The molecule has 1 amide bonds. The number of hydrogen-bond donors (Lipinski definition) is 1. The molecule has 5 heteroatoms. The van der Waals surface area contributed by atoms with E-state index in [4.69, 9.17) is 4.74 Å². The summed E-state index contributed by atoms with van der Waals surface area (Å²) in [6.07, 6.45) is -0.538. The van der Waals surface area contributed by atoms with E-state index in [1.54, 1.807) is 6.92 Å². The van der Waals surface area contributed by atoms with Crippen LogP contribution in [0.5, 0.6) is 0 Å². The van der Waals surface area contributed by atoms with Gasteiger partial charge in [0.15, 0.2) is 0 Å². The second kappa shape index (κ2) is 6.10. The van der Waals surface area contributed by atoms with E-state index in [0.29, 0.717) is 5.57 Å². The first-order valence-corrected chi connectivity index (χ1v) is 5.73. The van der Waals surface area contributed by atoms with Gasteiger partial charge in [0.05, 0.1) is 5.33 Å². The maximum absolute atomic E-state index is 12.9. The number of amides is 1. The van der Waals surface area contributed by atoms with Crippen LogP contribution >= 0.6 is 15.9 Å². The van der Waals surface area contributed by atoms with Crippen molar-refractivity contribution < 1.29 is 13.9 Å². The zero-order valence-corrected chi connectivity index (χ0v) is 11.1. The van der Waals surface area contributed by atoms with Crippen LogP contribution in [-0.4, -0.2) is 23.6 Å². The molecule has 15 heavy (non-hydrogen) atoms. The van der Waals surface area contributed by atoms with E-state index in [1.165, 1.54) is 0 Å². The first-order chi connectivity index (χ1) is 6.76. The molecule has 0 rings (SSSR count). The number of ether oxygens (including phenoxy) is 1. The predicted molar refractivity (Wildman–Crippen MR) is 61.8 cm³/mol. The van der Waals surface area contributed by atoms with Gasteiger partial charge < -0.3 is 10.1 Å². The second-order valence-electron chi connectivity index (χ2n) is 4.27. The third-order valence-corrected chi connectivity index (χ3v) is 1.97. The molecular formula is C10H17BrFNO2. The minimum atomic E-state index is -0.538. The van der Waals surface area contributed by atoms with Crippen molar-refractivity contribution in [3.05, 3.63) is 11.4 Å². The molecule has 1 N–H and O–H groups in total. The smallest absolute Gasteiger partial charge is 0.407 e. The molecule has 0 aromatic rings. The third kappa shape index (κ3) is 7.36. The van der Waals surface area contributed by atoms with Gasteiger partial charge in [0.2, 0.25) is 0 Å². The molecule has 0 aliphatic rings. The van der Waals surface area contributed by atoms with Crippen LogP contribution in [0.15, 0.2) is 11.4 Å². The van der Waals surface area contributed by atoms with Crippen molar-refractivity contribution in [3.8, 4) is 0 Å². The van der Waals surface area contributed by atoms with E-state index in [0.717, 1.165) is 0 Å². The van der Waals surface area contributed by atoms with Crippen molar-refractivity contribution in [1.29, 1.82) is 0 Å². The standard InChI is InChI=1S/C10H17BrFNO2/c1-7(8(12)5-11)6-15-9(14)13-10(2,3)4/h5-6H2,1-4H3,(H,13,14). The molecule has 0 unspecified atom stereocenters. The topological polar surface area (TPSA) is 38.3 Å². The summed E-state index contributed by atoms with van der Waals surface area (Å²) in [5, 5.41) is 2.76. The number of rotatable bonds is 3. The number of alkyl halides is 1. The average molecular weight is 282 g/mol. The Morgan fingerprint density at radius 1 is 1.47 bits per heavy atom. The van der Waals surface area contributed by atoms with Gasteiger partial charge in [0.25, 0.3) is 0 Å². The highest BCUT2D eigenvalue weighted by molar-refractivity contribution is 9.09. The molecule has 0 saturated carbocycles. The van der Waals surface area contributed by atoms with Gasteiger partial charge in [-0.2, -0.15) is 0 Å². The fourth-order valence-electron chi connectivity index (χ4n) is 0.708.